The first-order valence-electron chi connectivity index (χ1n) is 23.6. The monoisotopic (exact) mass is 863 g/mol. The fraction of sp³-hybridized carbons (Fsp3) is 0.0149. The number of benzene rings is 12. The Morgan fingerprint density at radius 1 is 0.250 bits per heavy atom. The number of hydrogen-bond acceptors (Lipinski definition) is 1. The van der Waals surface area contributed by atoms with Crippen LogP contribution in [0.5, 0.6) is 0 Å². The summed E-state index contributed by atoms with van der Waals surface area (Å²) in [4.78, 5) is 2.52. The summed E-state index contributed by atoms with van der Waals surface area (Å²) in [5.74, 6) is 0. The maximum atomic E-state index is 2.52. The van der Waals surface area contributed by atoms with Crippen LogP contribution in [0.1, 0.15) is 22.3 Å². The second kappa shape index (κ2) is 16.3. The Hall–Kier alpha value is -8.78. The molecule has 0 spiro atoms. The lowest BCUT2D eigenvalue weighted by molar-refractivity contribution is 0.768. The molecule has 0 atom stereocenters. The van der Waals surface area contributed by atoms with E-state index in [1.54, 1.807) is 0 Å². The zero-order chi connectivity index (χ0) is 45.0. The van der Waals surface area contributed by atoms with Gasteiger partial charge in [0, 0.05) is 16.9 Å². The Morgan fingerprint density at radius 2 is 0.676 bits per heavy atom. The molecule has 0 amide bonds. The Bertz CT molecular complexity index is 3790. The summed E-state index contributed by atoms with van der Waals surface area (Å²) in [6.45, 7) is 0. The molecular formula is C67H45N. The fourth-order valence-corrected chi connectivity index (χ4v) is 11.3. The number of anilines is 3. The highest BCUT2D eigenvalue weighted by atomic mass is 15.1. The van der Waals surface area contributed by atoms with E-state index < -0.39 is 5.41 Å². The molecule has 68 heavy (non-hydrogen) atoms. The molecule has 0 radical (unpaired) electrons. The average Bonchev–Trinajstić information content (AvgIpc) is 3.71. The SMILES string of the molecule is c1ccc(C2(c3ccccc3)c3ccccc3-c3ccc(N(c4ccc(-c5cccc6ccccc56)cc4)c4cc(-c5cccc6ccccc56)ccc4-c4cccc5ccccc45)cc32)cc1. The minimum atomic E-state index is -0.558. The van der Waals surface area contributed by atoms with Crippen molar-refractivity contribution in [3.05, 3.63) is 295 Å². The van der Waals surface area contributed by atoms with Crippen LogP contribution in [0.15, 0.2) is 273 Å². The molecule has 1 aliphatic rings. The molecule has 0 fully saturated rings. The molecule has 0 saturated heterocycles. The molecule has 0 N–H and O–H groups in total. The van der Waals surface area contributed by atoms with E-state index in [1.807, 2.05) is 0 Å². The van der Waals surface area contributed by atoms with Crippen molar-refractivity contribution in [1.29, 1.82) is 0 Å². The van der Waals surface area contributed by atoms with Crippen LogP contribution in [0.25, 0.3) is 76.8 Å². The second-order valence-corrected chi connectivity index (χ2v) is 18.0. The third-order valence-electron chi connectivity index (χ3n) is 14.3. The van der Waals surface area contributed by atoms with Crippen LogP contribution in [-0.4, -0.2) is 0 Å². The first kappa shape index (κ1) is 39.6. The highest BCUT2D eigenvalue weighted by Crippen LogP contribution is 2.58. The number of rotatable bonds is 8. The van der Waals surface area contributed by atoms with E-state index in [0.717, 1.165) is 28.2 Å². The molecule has 0 aromatic heterocycles. The van der Waals surface area contributed by atoms with Crippen molar-refractivity contribution in [3.8, 4) is 44.5 Å². The van der Waals surface area contributed by atoms with E-state index in [2.05, 4.69) is 278 Å². The molecule has 0 saturated carbocycles. The van der Waals surface area contributed by atoms with Gasteiger partial charge in [-0.1, -0.05) is 243 Å². The van der Waals surface area contributed by atoms with Gasteiger partial charge in [-0.3, -0.25) is 0 Å². The lowest BCUT2D eigenvalue weighted by atomic mass is 9.67. The van der Waals surface area contributed by atoms with Gasteiger partial charge in [0.25, 0.3) is 0 Å². The molecule has 0 unspecified atom stereocenters. The summed E-state index contributed by atoms with van der Waals surface area (Å²) in [6, 6.07) is 101. The summed E-state index contributed by atoms with van der Waals surface area (Å²) < 4.78 is 0. The van der Waals surface area contributed by atoms with Crippen LogP contribution in [0.4, 0.5) is 17.1 Å². The van der Waals surface area contributed by atoms with Crippen LogP contribution in [0, 0.1) is 0 Å². The normalized spacial score (nSPS) is 12.5. The van der Waals surface area contributed by atoms with Gasteiger partial charge in [-0.25, -0.2) is 0 Å². The molecule has 12 aromatic carbocycles. The van der Waals surface area contributed by atoms with Crippen molar-refractivity contribution in [3.63, 3.8) is 0 Å². The summed E-state index contributed by atoms with van der Waals surface area (Å²) in [6.07, 6.45) is 0. The van der Waals surface area contributed by atoms with E-state index in [1.165, 1.54) is 88.0 Å². The van der Waals surface area contributed by atoms with Gasteiger partial charge in [-0.2, -0.15) is 0 Å². The highest BCUT2D eigenvalue weighted by molar-refractivity contribution is 6.05. The molecule has 1 nitrogen and oxygen atoms in total. The van der Waals surface area contributed by atoms with Gasteiger partial charge in [0.15, 0.2) is 0 Å². The minimum absolute atomic E-state index is 0.558. The maximum absolute atomic E-state index is 2.52. The Labute approximate surface area is 397 Å². The molecule has 0 aliphatic heterocycles. The van der Waals surface area contributed by atoms with E-state index >= 15 is 0 Å². The van der Waals surface area contributed by atoms with Crippen molar-refractivity contribution in [2.24, 2.45) is 0 Å². The van der Waals surface area contributed by atoms with Crippen LogP contribution >= 0.6 is 0 Å². The number of fused-ring (bicyclic) bond motifs is 6. The standard InChI is InChI=1S/C67H45N/c1-3-24-51(25-4-1)67(52-26-5-2-6-27-52)64-35-14-13-31-61(64)62-43-41-54(45-65(62)67)68(53-39-36-49(37-40-53)57-32-15-21-46-18-7-10-28-55(46)57)66-44-50(59-33-16-22-47-19-8-11-29-56(47)59)38-42-63(66)60-34-17-23-48-20-9-12-30-58(48)60/h1-45H. The van der Waals surface area contributed by atoms with Gasteiger partial charge in [-0.05, 0) is 124 Å². The number of hydrogen-bond donors (Lipinski definition) is 0. The fourth-order valence-electron chi connectivity index (χ4n) is 11.3. The zero-order valence-electron chi connectivity index (χ0n) is 37.4. The Balaban J connectivity index is 1.11. The van der Waals surface area contributed by atoms with Crippen molar-refractivity contribution in [1.82, 2.24) is 0 Å². The maximum Gasteiger partial charge on any atom is 0.0714 e. The zero-order valence-corrected chi connectivity index (χ0v) is 37.4. The van der Waals surface area contributed by atoms with Gasteiger partial charge in [-0.15, -0.1) is 0 Å². The highest BCUT2D eigenvalue weighted by Gasteiger charge is 2.46. The van der Waals surface area contributed by atoms with Gasteiger partial charge in [0.1, 0.15) is 0 Å². The van der Waals surface area contributed by atoms with E-state index in [0.29, 0.717) is 0 Å². The van der Waals surface area contributed by atoms with Crippen molar-refractivity contribution in [2.75, 3.05) is 4.90 Å². The van der Waals surface area contributed by atoms with Crippen LogP contribution in [0.3, 0.4) is 0 Å². The van der Waals surface area contributed by atoms with E-state index in [4.69, 9.17) is 0 Å². The largest absolute Gasteiger partial charge is 0.310 e. The molecular weight excluding hydrogens is 819 g/mol. The van der Waals surface area contributed by atoms with Crippen LogP contribution in [-0.2, 0) is 5.41 Å². The van der Waals surface area contributed by atoms with Crippen molar-refractivity contribution >= 4 is 49.4 Å². The molecule has 13 rings (SSSR count). The Kier molecular flexibility index (Phi) is 9.47. The number of nitrogens with zero attached hydrogens (tertiary/aromatic N) is 1. The predicted octanol–water partition coefficient (Wildman–Crippen LogP) is 18.0. The first-order chi connectivity index (χ1) is 33.7. The summed E-state index contributed by atoms with van der Waals surface area (Å²) in [7, 11) is 0. The molecule has 318 valence electrons. The van der Waals surface area contributed by atoms with Gasteiger partial charge >= 0.3 is 0 Å². The van der Waals surface area contributed by atoms with Gasteiger partial charge < -0.3 is 4.90 Å². The van der Waals surface area contributed by atoms with Gasteiger partial charge in [0.2, 0.25) is 0 Å². The lowest BCUT2D eigenvalue weighted by Gasteiger charge is -2.35. The van der Waals surface area contributed by atoms with Gasteiger partial charge in [0.05, 0.1) is 11.1 Å². The van der Waals surface area contributed by atoms with Crippen LogP contribution < -0.4 is 4.90 Å². The predicted molar refractivity (Wildman–Crippen MR) is 287 cm³/mol. The van der Waals surface area contributed by atoms with Crippen molar-refractivity contribution in [2.45, 2.75) is 5.41 Å². The smallest absolute Gasteiger partial charge is 0.0714 e. The van der Waals surface area contributed by atoms with Crippen molar-refractivity contribution < 1.29 is 0 Å². The molecule has 12 aromatic rings. The Morgan fingerprint density at radius 3 is 1.29 bits per heavy atom. The molecule has 0 bridgehead atoms. The summed E-state index contributed by atoms with van der Waals surface area (Å²) in [5, 5.41) is 7.37. The molecule has 1 heteroatoms. The lowest BCUT2D eigenvalue weighted by Crippen LogP contribution is -2.28. The van der Waals surface area contributed by atoms with Crippen LogP contribution in [0.2, 0.25) is 0 Å². The minimum Gasteiger partial charge on any atom is -0.310 e. The third kappa shape index (κ3) is 6.32. The van der Waals surface area contributed by atoms with E-state index in [-0.39, 0.29) is 0 Å². The quantitative estimate of drug-likeness (QED) is 0.147. The summed E-state index contributed by atoms with van der Waals surface area (Å²) >= 11 is 0. The average molecular weight is 864 g/mol. The molecule has 0 heterocycles. The third-order valence-corrected chi connectivity index (χ3v) is 14.3. The topological polar surface area (TPSA) is 3.24 Å². The van der Waals surface area contributed by atoms with E-state index in [9.17, 15) is 0 Å². The second-order valence-electron chi connectivity index (χ2n) is 18.0. The molecule has 1 aliphatic carbocycles. The summed E-state index contributed by atoms with van der Waals surface area (Å²) in [5.41, 5.74) is 17.4. The first-order valence-corrected chi connectivity index (χ1v) is 23.6.